The number of halogens is 2. The van der Waals surface area contributed by atoms with E-state index in [1.165, 1.54) is 18.4 Å². The van der Waals surface area contributed by atoms with Crippen LogP contribution in [0.25, 0.3) is 0 Å². The lowest BCUT2D eigenvalue weighted by molar-refractivity contribution is 0.444. The molecule has 0 radical (unpaired) electrons. The SMILES string of the molecule is CN=C(NCC1(c2cccc(Br)c2)CC1)N(C)Cc1ncnn1C.I. The highest BCUT2D eigenvalue weighted by atomic mass is 127. The van der Waals surface area contributed by atoms with Crippen LogP contribution in [-0.2, 0) is 19.0 Å². The molecule has 0 bridgehead atoms. The summed E-state index contributed by atoms with van der Waals surface area (Å²) in [6, 6.07) is 8.61. The molecule has 1 aliphatic rings. The fourth-order valence-electron chi connectivity index (χ4n) is 2.92. The number of benzene rings is 1. The molecule has 2 aromatic rings. The second-order valence-corrected chi connectivity index (χ2v) is 7.26. The number of aryl methyl sites for hydroxylation is 1. The standard InChI is InChI=1S/C17H23BrN6.HI/c1-19-16(23(2)10-15-21-12-22-24(15)3)20-11-17(7-8-17)13-5-4-6-14(18)9-13;/h4-6,9,12H,7-8,10-11H2,1-3H3,(H,19,20);1H. The molecule has 1 aromatic carbocycles. The predicted molar refractivity (Wildman–Crippen MR) is 114 cm³/mol. The van der Waals surface area contributed by atoms with Gasteiger partial charge in [0.15, 0.2) is 5.96 Å². The van der Waals surface area contributed by atoms with E-state index in [2.05, 4.69) is 65.5 Å². The Morgan fingerprint density at radius 2 is 2.20 bits per heavy atom. The van der Waals surface area contributed by atoms with Crippen molar-refractivity contribution in [2.75, 3.05) is 20.6 Å². The minimum absolute atomic E-state index is 0. The van der Waals surface area contributed by atoms with Crippen molar-refractivity contribution in [3.63, 3.8) is 0 Å². The normalized spacial score (nSPS) is 15.4. The zero-order valence-corrected chi connectivity index (χ0v) is 18.7. The monoisotopic (exact) mass is 518 g/mol. The Bertz CT molecular complexity index is 740. The zero-order valence-electron chi connectivity index (χ0n) is 14.7. The summed E-state index contributed by atoms with van der Waals surface area (Å²) in [5, 5.41) is 7.64. The van der Waals surface area contributed by atoms with Crippen LogP contribution in [-0.4, -0.2) is 46.3 Å². The summed E-state index contributed by atoms with van der Waals surface area (Å²) in [6.45, 7) is 1.55. The van der Waals surface area contributed by atoms with Gasteiger partial charge in [0.2, 0.25) is 0 Å². The molecule has 0 saturated heterocycles. The van der Waals surface area contributed by atoms with Gasteiger partial charge in [0, 0.05) is 37.6 Å². The molecule has 0 aliphatic heterocycles. The van der Waals surface area contributed by atoms with Crippen LogP contribution in [0.1, 0.15) is 24.2 Å². The Labute approximate surface area is 174 Å². The van der Waals surface area contributed by atoms with Gasteiger partial charge in [-0.05, 0) is 30.5 Å². The lowest BCUT2D eigenvalue weighted by Crippen LogP contribution is -2.42. The van der Waals surface area contributed by atoms with Gasteiger partial charge in [-0.1, -0.05) is 28.1 Å². The fourth-order valence-corrected chi connectivity index (χ4v) is 3.32. The molecule has 1 fully saturated rings. The molecule has 0 spiro atoms. The fraction of sp³-hybridized carbons (Fsp3) is 0.471. The van der Waals surface area contributed by atoms with Crippen molar-refractivity contribution in [2.45, 2.75) is 24.8 Å². The van der Waals surface area contributed by atoms with E-state index in [-0.39, 0.29) is 29.4 Å². The lowest BCUT2D eigenvalue weighted by atomic mass is 9.96. The number of nitrogens with zero attached hydrogens (tertiary/aromatic N) is 5. The maximum absolute atomic E-state index is 4.41. The lowest BCUT2D eigenvalue weighted by Gasteiger charge is -2.24. The van der Waals surface area contributed by atoms with E-state index in [1.807, 2.05) is 21.1 Å². The summed E-state index contributed by atoms with van der Waals surface area (Å²) in [5.74, 6) is 1.79. The third-order valence-corrected chi connectivity index (χ3v) is 5.13. The molecule has 25 heavy (non-hydrogen) atoms. The number of guanidine groups is 1. The topological polar surface area (TPSA) is 58.3 Å². The molecule has 0 atom stereocenters. The molecule has 0 unspecified atom stereocenters. The average molecular weight is 519 g/mol. The van der Waals surface area contributed by atoms with Crippen LogP contribution in [0, 0.1) is 0 Å². The summed E-state index contributed by atoms with van der Waals surface area (Å²) in [5.41, 5.74) is 1.61. The quantitative estimate of drug-likeness (QED) is 0.375. The molecular formula is C17H24BrIN6. The summed E-state index contributed by atoms with van der Waals surface area (Å²) in [6.07, 6.45) is 3.99. The molecule has 1 N–H and O–H groups in total. The third kappa shape index (κ3) is 4.72. The Morgan fingerprint density at radius 3 is 2.76 bits per heavy atom. The van der Waals surface area contributed by atoms with Gasteiger partial charge in [0.25, 0.3) is 0 Å². The average Bonchev–Trinajstić information content (AvgIpc) is 3.26. The van der Waals surface area contributed by atoms with Gasteiger partial charge in [-0.3, -0.25) is 9.67 Å². The molecule has 8 heteroatoms. The van der Waals surface area contributed by atoms with Crippen LogP contribution < -0.4 is 5.32 Å². The Balaban J connectivity index is 0.00000225. The van der Waals surface area contributed by atoms with Gasteiger partial charge in [-0.2, -0.15) is 5.10 Å². The van der Waals surface area contributed by atoms with Gasteiger partial charge >= 0.3 is 0 Å². The zero-order chi connectivity index (χ0) is 17.2. The number of rotatable bonds is 5. The van der Waals surface area contributed by atoms with Gasteiger partial charge in [0.05, 0.1) is 6.54 Å². The van der Waals surface area contributed by atoms with E-state index < -0.39 is 0 Å². The van der Waals surface area contributed by atoms with Crippen molar-refractivity contribution in [1.29, 1.82) is 0 Å². The number of aliphatic imine (C=N–C) groups is 1. The second kappa shape index (κ2) is 8.48. The molecule has 6 nitrogen and oxygen atoms in total. The molecular weight excluding hydrogens is 495 g/mol. The van der Waals surface area contributed by atoms with Crippen LogP contribution >= 0.6 is 39.9 Å². The predicted octanol–water partition coefficient (Wildman–Crippen LogP) is 2.93. The molecule has 1 heterocycles. The molecule has 1 aromatic heterocycles. The van der Waals surface area contributed by atoms with Crippen molar-refractivity contribution in [2.24, 2.45) is 12.0 Å². The summed E-state index contributed by atoms with van der Waals surface area (Å²) in [7, 11) is 5.73. The maximum atomic E-state index is 4.41. The van der Waals surface area contributed by atoms with E-state index in [9.17, 15) is 0 Å². The van der Waals surface area contributed by atoms with E-state index in [0.29, 0.717) is 6.54 Å². The second-order valence-electron chi connectivity index (χ2n) is 6.35. The van der Waals surface area contributed by atoms with Gasteiger partial charge in [-0.15, -0.1) is 24.0 Å². The number of aromatic nitrogens is 3. The minimum atomic E-state index is 0. The highest BCUT2D eigenvalue weighted by molar-refractivity contribution is 14.0. The first-order valence-electron chi connectivity index (χ1n) is 8.05. The first-order chi connectivity index (χ1) is 11.5. The number of hydrogen-bond donors (Lipinski definition) is 1. The van der Waals surface area contributed by atoms with Gasteiger partial charge < -0.3 is 10.2 Å². The number of hydrogen-bond acceptors (Lipinski definition) is 3. The van der Waals surface area contributed by atoms with Crippen LogP contribution in [0.15, 0.2) is 40.1 Å². The largest absolute Gasteiger partial charge is 0.355 e. The van der Waals surface area contributed by atoms with E-state index in [1.54, 1.807) is 11.0 Å². The van der Waals surface area contributed by atoms with Crippen molar-refractivity contribution in [3.8, 4) is 0 Å². The smallest absolute Gasteiger partial charge is 0.193 e. The first kappa shape index (κ1) is 20.2. The maximum Gasteiger partial charge on any atom is 0.193 e. The van der Waals surface area contributed by atoms with Crippen molar-refractivity contribution < 1.29 is 0 Å². The Kier molecular flexibility index (Phi) is 6.84. The molecule has 1 aliphatic carbocycles. The van der Waals surface area contributed by atoms with Crippen molar-refractivity contribution in [3.05, 3.63) is 46.5 Å². The van der Waals surface area contributed by atoms with E-state index >= 15 is 0 Å². The highest BCUT2D eigenvalue weighted by Crippen LogP contribution is 2.48. The summed E-state index contributed by atoms with van der Waals surface area (Å²) in [4.78, 5) is 10.7. The highest BCUT2D eigenvalue weighted by Gasteiger charge is 2.44. The third-order valence-electron chi connectivity index (χ3n) is 4.63. The Morgan fingerprint density at radius 1 is 1.44 bits per heavy atom. The van der Waals surface area contributed by atoms with Crippen molar-refractivity contribution >= 4 is 45.9 Å². The molecule has 3 rings (SSSR count). The van der Waals surface area contributed by atoms with Crippen molar-refractivity contribution in [1.82, 2.24) is 25.0 Å². The first-order valence-corrected chi connectivity index (χ1v) is 8.84. The van der Waals surface area contributed by atoms with Gasteiger partial charge in [0.1, 0.15) is 12.2 Å². The van der Waals surface area contributed by atoms with Crippen LogP contribution in [0.3, 0.4) is 0 Å². The molecule has 0 amide bonds. The Hall–Kier alpha value is -1.16. The van der Waals surface area contributed by atoms with Gasteiger partial charge in [-0.25, -0.2) is 4.98 Å². The van der Waals surface area contributed by atoms with E-state index in [4.69, 9.17) is 0 Å². The summed E-state index contributed by atoms with van der Waals surface area (Å²) < 4.78 is 2.92. The number of nitrogens with one attached hydrogen (secondary N) is 1. The molecule has 1 saturated carbocycles. The molecule has 136 valence electrons. The van der Waals surface area contributed by atoms with E-state index in [0.717, 1.165) is 22.8 Å². The van der Waals surface area contributed by atoms with Crippen LogP contribution in [0.5, 0.6) is 0 Å². The minimum Gasteiger partial charge on any atom is -0.355 e. The summed E-state index contributed by atoms with van der Waals surface area (Å²) >= 11 is 3.57. The van der Waals surface area contributed by atoms with Crippen LogP contribution in [0.2, 0.25) is 0 Å². The van der Waals surface area contributed by atoms with Crippen LogP contribution in [0.4, 0.5) is 0 Å².